The minimum Gasteiger partial charge on any atom is -0.384 e. The largest absolute Gasteiger partial charge is 0.384 e. The highest BCUT2D eigenvalue weighted by Crippen LogP contribution is 2.33. The highest BCUT2D eigenvalue weighted by molar-refractivity contribution is 5.74. The zero-order valence-corrected chi connectivity index (χ0v) is 14.3. The second-order valence-electron chi connectivity index (χ2n) is 7.32. The number of nitrogens with zero attached hydrogens (tertiary/aromatic N) is 1. The molecule has 0 bridgehead atoms. The molecule has 1 heterocycles. The van der Waals surface area contributed by atoms with Gasteiger partial charge in [0.1, 0.15) is 11.4 Å². The predicted molar refractivity (Wildman–Crippen MR) is 90.1 cm³/mol. The first-order valence-electron chi connectivity index (χ1n) is 8.64. The molecule has 3 unspecified atom stereocenters. The number of amides is 2. The van der Waals surface area contributed by atoms with Crippen LogP contribution in [0.4, 0.5) is 9.18 Å². The van der Waals surface area contributed by atoms with Crippen LogP contribution in [0.25, 0.3) is 0 Å². The van der Waals surface area contributed by atoms with Crippen LogP contribution in [0, 0.1) is 5.82 Å². The van der Waals surface area contributed by atoms with Gasteiger partial charge in [-0.1, -0.05) is 12.1 Å². The topological polar surface area (TPSA) is 64.6 Å². The second-order valence-corrected chi connectivity index (χ2v) is 7.32. The second kappa shape index (κ2) is 6.69. The molecule has 2 fully saturated rings. The Bertz CT molecular complexity index is 586. The molecular weight excluding hydrogens is 309 g/mol. The molecule has 0 radical (unpaired) electrons. The Morgan fingerprint density at radius 3 is 2.67 bits per heavy atom. The maximum absolute atomic E-state index is 13.0. The maximum Gasteiger partial charge on any atom is 0.315 e. The number of nitrogens with one attached hydrogen (secondary N) is 2. The van der Waals surface area contributed by atoms with Crippen molar-refractivity contribution in [3.05, 3.63) is 35.6 Å². The van der Waals surface area contributed by atoms with Crippen LogP contribution in [0.5, 0.6) is 0 Å². The number of benzene rings is 1. The molecule has 0 spiro atoms. The summed E-state index contributed by atoms with van der Waals surface area (Å²) in [4.78, 5) is 14.6. The van der Waals surface area contributed by atoms with Gasteiger partial charge in [0.2, 0.25) is 0 Å². The summed E-state index contributed by atoms with van der Waals surface area (Å²) >= 11 is 0. The van der Waals surface area contributed by atoms with Gasteiger partial charge in [0.25, 0.3) is 0 Å². The van der Waals surface area contributed by atoms with Crippen molar-refractivity contribution in [1.82, 2.24) is 15.5 Å². The van der Waals surface area contributed by atoms with Crippen LogP contribution < -0.4 is 10.6 Å². The number of hydrogen-bond donors (Lipinski definition) is 3. The molecule has 1 aromatic carbocycles. The summed E-state index contributed by atoms with van der Waals surface area (Å²) in [7, 11) is 0. The van der Waals surface area contributed by atoms with Crippen molar-refractivity contribution >= 4 is 6.03 Å². The zero-order valence-electron chi connectivity index (χ0n) is 14.3. The van der Waals surface area contributed by atoms with E-state index in [0.29, 0.717) is 17.6 Å². The van der Waals surface area contributed by atoms with Gasteiger partial charge in [0.05, 0.1) is 6.54 Å². The highest BCUT2D eigenvalue weighted by Gasteiger charge is 2.39. The van der Waals surface area contributed by atoms with Crippen LogP contribution in [-0.2, 0) is 5.60 Å². The molecule has 1 saturated carbocycles. The number of carbonyl (C=O) groups excluding carboxylic acids is 1. The molecule has 3 atom stereocenters. The number of rotatable bonds is 5. The van der Waals surface area contributed by atoms with Crippen LogP contribution in [0.2, 0.25) is 0 Å². The average molecular weight is 335 g/mol. The number of aliphatic hydroxyl groups is 1. The summed E-state index contributed by atoms with van der Waals surface area (Å²) in [5, 5.41) is 16.2. The molecule has 3 N–H and O–H groups in total. The third-order valence-electron chi connectivity index (χ3n) is 5.03. The lowest BCUT2D eigenvalue weighted by Crippen LogP contribution is -2.47. The fraction of sp³-hybridized carbons (Fsp3) is 0.611. The van der Waals surface area contributed by atoms with Crippen LogP contribution in [0.15, 0.2) is 24.3 Å². The summed E-state index contributed by atoms with van der Waals surface area (Å²) in [6.07, 6.45) is 3.49. The van der Waals surface area contributed by atoms with Crippen LogP contribution >= 0.6 is 0 Å². The van der Waals surface area contributed by atoms with Crippen molar-refractivity contribution in [3.8, 4) is 0 Å². The maximum atomic E-state index is 13.0. The van der Waals surface area contributed by atoms with Gasteiger partial charge >= 0.3 is 6.03 Å². The lowest BCUT2D eigenvalue weighted by atomic mass is 9.96. The van der Waals surface area contributed by atoms with E-state index >= 15 is 0 Å². The van der Waals surface area contributed by atoms with Crippen molar-refractivity contribution in [2.24, 2.45) is 0 Å². The van der Waals surface area contributed by atoms with Crippen molar-refractivity contribution in [2.75, 3.05) is 13.1 Å². The van der Waals surface area contributed by atoms with Crippen molar-refractivity contribution < 1.29 is 14.3 Å². The van der Waals surface area contributed by atoms with Gasteiger partial charge in [-0.05, 0) is 50.8 Å². The number of carbonyl (C=O) groups is 1. The van der Waals surface area contributed by atoms with Gasteiger partial charge in [0.15, 0.2) is 0 Å². The smallest absolute Gasteiger partial charge is 0.315 e. The summed E-state index contributed by atoms with van der Waals surface area (Å²) in [5.74, 6) is -0.351. The van der Waals surface area contributed by atoms with E-state index < -0.39 is 5.60 Å². The highest BCUT2D eigenvalue weighted by atomic mass is 19.1. The summed E-state index contributed by atoms with van der Waals surface area (Å²) in [5.41, 5.74) is -0.674. The Kier molecular flexibility index (Phi) is 4.78. The van der Waals surface area contributed by atoms with E-state index in [1.54, 1.807) is 6.92 Å². The normalized spacial score (nSPS) is 26.8. The Labute approximate surface area is 142 Å². The lowest BCUT2D eigenvalue weighted by Gasteiger charge is -2.25. The molecule has 1 aromatic rings. The molecular formula is C18H26FN3O2. The van der Waals surface area contributed by atoms with Crippen molar-refractivity contribution in [3.63, 3.8) is 0 Å². The van der Waals surface area contributed by atoms with Crippen LogP contribution in [-0.4, -0.2) is 47.3 Å². The summed E-state index contributed by atoms with van der Waals surface area (Å²) in [6, 6.07) is 6.75. The molecule has 1 aliphatic carbocycles. The van der Waals surface area contributed by atoms with E-state index in [9.17, 15) is 14.3 Å². The SMILES string of the molecule is CC1CC(NC(=O)NCC(C)(O)c2ccc(F)cc2)CN1C1CC1. The molecule has 2 amide bonds. The van der Waals surface area contributed by atoms with Gasteiger partial charge in [-0.15, -0.1) is 0 Å². The van der Waals surface area contributed by atoms with Gasteiger partial charge in [-0.2, -0.15) is 0 Å². The number of urea groups is 1. The molecule has 24 heavy (non-hydrogen) atoms. The molecule has 6 heteroatoms. The van der Waals surface area contributed by atoms with E-state index in [2.05, 4.69) is 22.5 Å². The lowest BCUT2D eigenvalue weighted by molar-refractivity contribution is 0.0592. The third-order valence-corrected chi connectivity index (χ3v) is 5.03. The Hall–Kier alpha value is -1.66. The van der Waals surface area contributed by atoms with E-state index in [1.165, 1.54) is 37.1 Å². The Morgan fingerprint density at radius 2 is 2.04 bits per heavy atom. The van der Waals surface area contributed by atoms with Crippen molar-refractivity contribution in [2.45, 2.75) is 56.8 Å². The fourth-order valence-corrected chi connectivity index (χ4v) is 3.48. The number of likely N-dealkylation sites (tertiary alicyclic amines) is 1. The minimum absolute atomic E-state index is 0.0685. The Balaban J connectivity index is 1.47. The van der Waals surface area contributed by atoms with E-state index in [1.807, 2.05) is 0 Å². The van der Waals surface area contributed by atoms with Crippen LogP contribution in [0.3, 0.4) is 0 Å². The van der Waals surface area contributed by atoms with Crippen LogP contribution in [0.1, 0.15) is 38.7 Å². The molecule has 1 aliphatic heterocycles. The van der Waals surface area contributed by atoms with E-state index in [0.717, 1.165) is 13.0 Å². The zero-order chi connectivity index (χ0) is 17.3. The predicted octanol–water partition coefficient (Wildman–Crippen LogP) is 1.96. The molecule has 0 aromatic heterocycles. The Morgan fingerprint density at radius 1 is 1.38 bits per heavy atom. The third kappa shape index (κ3) is 4.05. The molecule has 132 valence electrons. The van der Waals surface area contributed by atoms with E-state index in [-0.39, 0.29) is 24.4 Å². The van der Waals surface area contributed by atoms with Gasteiger partial charge in [-0.3, -0.25) is 4.90 Å². The average Bonchev–Trinajstić information content (AvgIpc) is 3.30. The monoisotopic (exact) mass is 335 g/mol. The first-order chi connectivity index (χ1) is 11.3. The first kappa shape index (κ1) is 17.2. The summed E-state index contributed by atoms with van der Waals surface area (Å²) < 4.78 is 13.0. The van der Waals surface area contributed by atoms with E-state index in [4.69, 9.17) is 0 Å². The number of halogens is 1. The standard InChI is InChI=1S/C18H26FN3O2/c1-12-9-15(10-22(12)16-7-8-16)21-17(23)20-11-18(2,24)13-3-5-14(19)6-4-13/h3-6,12,15-16,24H,7-11H2,1-2H3,(H2,20,21,23). The molecule has 2 aliphatic rings. The number of hydrogen-bond acceptors (Lipinski definition) is 3. The fourth-order valence-electron chi connectivity index (χ4n) is 3.48. The molecule has 1 saturated heterocycles. The van der Waals surface area contributed by atoms with Gasteiger partial charge in [-0.25, -0.2) is 9.18 Å². The molecule has 5 nitrogen and oxygen atoms in total. The minimum atomic E-state index is -1.24. The van der Waals surface area contributed by atoms with Crippen molar-refractivity contribution in [1.29, 1.82) is 0 Å². The first-order valence-corrected chi connectivity index (χ1v) is 8.64. The quantitative estimate of drug-likeness (QED) is 0.771. The molecule has 3 rings (SSSR count). The van der Waals surface area contributed by atoms with Gasteiger partial charge < -0.3 is 15.7 Å². The van der Waals surface area contributed by atoms with Gasteiger partial charge in [0, 0.05) is 24.7 Å². The summed E-state index contributed by atoms with van der Waals surface area (Å²) in [6.45, 7) is 4.77.